The molecule has 22 heavy (non-hydrogen) atoms. The average molecular weight is 285 g/mol. The minimum absolute atomic E-state index is 1.27. The molecule has 0 aliphatic carbocycles. The normalized spacial score (nSPS) is 10.9. The third kappa shape index (κ3) is 2.82. The van der Waals surface area contributed by atoms with Crippen LogP contribution in [0.3, 0.4) is 0 Å². The molecule has 0 fully saturated rings. The SMILES string of the molecule is Cc1cc(C)c([C](c2ccccc2)c2ccccc2)c(C)c1. The zero-order valence-electron chi connectivity index (χ0n) is 13.4. The van der Waals surface area contributed by atoms with Gasteiger partial charge in [-0.25, -0.2) is 0 Å². The second kappa shape index (κ2) is 6.19. The summed E-state index contributed by atoms with van der Waals surface area (Å²) >= 11 is 0. The van der Waals surface area contributed by atoms with Crippen LogP contribution in [-0.4, -0.2) is 0 Å². The molecule has 0 saturated heterocycles. The summed E-state index contributed by atoms with van der Waals surface area (Å²) in [4.78, 5) is 0. The lowest BCUT2D eigenvalue weighted by atomic mass is 9.80. The number of aryl methyl sites for hydroxylation is 3. The van der Waals surface area contributed by atoms with E-state index >= 15 is 0 Å². The topological polar surface area (TPSA) is 0 Å². The first-order valence-corrected chi connectivity index (χ1v) is 7.73. The zero-order valence-corrected chi connectivity index (χ0v) is 13.4. The molecule has 109 valence electrons. The standard InChI is InChI=1S/C22H21/c1-16-14-17(2)21(18(3)15-16)22(19-10-6-4-7-11-19)20-12-8-5-9-13-20/h4-15H,1-3H3. The predicted molar refractivity (Wildman–Crippen MR) is 94.1 cm³/mol. The van der Waals surface area contributed by atoms with E-state index in [0.29, 0.717) is 0 Å². The molecule has 0 aliphatic heterocycles. The molecule has 0 bridgehead atoms. The second-order valence-corrected chi connectivity index (χ2v) is 5.88. The zero-order chi connectivity index (χ0) is 15.5. The van der Waals surface area contributed by atoms with Gasteiger partial charge in [0.1, 0.15) is 0 Å². The lowest BCUT2D eigenvalue weighted by Gasteiger charge is -2.22. The minimum atomic E-state index is 1.27. The van der Waals surface area contributed by atoms with Crippen LogP contribution in [0, 0.1) is 26.7 Å². The van der Waals surface area contributed by atoms with Crippen LogP contribution >= 0.6 is 0 Å². The van der Waals surface area contributed by atoms with Crippen LogP contribution in [0.4, 0.5) is 0 Å². The van der Waals surface area contributed by atoms with Crippen molar-refractivity contribution < 1.29 is 0 Å². The Balaban J connectivity index is 2.24. The predicted octanol–water partition coefficient (Wildman–Crippen LogP) is 5.63. The summed E-state index contributed by atoms with van der Waals surface area (Å²) < 4.78 is 0. The maximum atomic E-state index is 2.27. The Labute approximate surface area is 133 Å². The lowest BCUT2D eigenvalue weighted by molar-refractivity contribution is 1.15. The molecule has 0 saturated carbocycles. The van der Waals surface area contributed by atoms with Gasteiger partial charge in [-0.3, -0.25) is 0 Å². The van der Waals surface area contributed by atoms with Crippen LogP contribution in [0.15, 0.2) is 72.8 Å². The smallest absolute Gasteiger partial charge is 0.0622 e. The Morgan fingerprint density at radius 3 is 1.41 bits per heavy atom. The van der Waals surface area contributed by atoms with Gasteiger partial charge in [0.15, 0.2) is 0 Å². The Bertz CT molecular complexity index is 692. The summed E-state index contributed by atoms with van der Waals surface area (Å²) in [5, 5.41) is 0. The van der Waals surface area contributed by atoms with E-state index in [1.807, 2.05) is 0 Å². The molecular formula is C22H21. The first-order chi connectivity index (χ1) is 10.7. The van der Waals surface area contributed by atoms with Crippen molar-refractivity contribution in [3.05, 3.63) is 112 Å². The Kier molecular flexibility index (Phi) is 4.11. The maximum Gasteiger partial charge on any atom is 0.0634 e. The minimum Gasteiger partial charge on any atom is -0.0622 e. The molecule has 3 rings (SSSR count). The van der Waals surface area contributed by atoms with Crippen molar-refractivity contribution in [2.45, 2.75) is 20.8 Å². The van der Waals surface area contributed by atoms with Gasteiger partial charge in [0.25, 0.3) is 0 Å². The van der Waals surface area contributed by atoms with Crippen LogP contribution in [0.25, 0.3) is 0 Å². The molecule has 1 radical (unpaired) electrons. The molecule has 0 atom stereocenters. The summed E-state index contributed by atoms with van der Waals surface area (Å²) in [5.41, 5.74) is 7.87. The summed E-state index contributed by atoms with van der Waals surface area (Å²) in [7, 11) is 0. The van der Waals surface area contributed by atoms with E-state index in [1.54, 1.807) is 0 Å². The molecule has 3 aromatic carbocycles. The Morgan fingerprint density at radius 2 is 1.00 bits per heavy atom. The second-order valence-electron chi connectivity index (χ2n) is 5.88. The van der Waals surface area contributed by atoms with Crippen molar-refractivity contribution >= 4 is 0 Å². The number of hydrogen-bond donors (Lipinski definition) is 0. The van der Waals surface area contributed by atoms with E-state index in [-0.39, 0.29) is 0 Å². The van der Waals surface area contributed by atoms with Gasteiger partial charge in [-0.05, 0) is 48.6 Å². The molecule has 0 aromatic heterocycles. The molecule has 0 aliphatic rings. The van der Waals surface area contributed by atoms with E-state index in [4.69, 9.17) is 0 Å². The number of rotatable bonds is 3. The van der Waals surface area contributed by atoms with Crippen LogP contribution < -0.4 is 0 Å². The van der Waals surface area contributed by atoms with Gasteiger partial charge in [-0.1, -0.05) is 78.4 Å². The average Bonchev–Trinajstić information content (AvgIpc) is 2.52. The van der Waals surface area contributed by atoms with Gasteiger partial charge in [0.2, 0.25) is 0 Å². The molecule has 0 spiro atoms. The van der Waals surface area contributed by atoms with E-state index < -0.39 is 0 Å². The van der Waals surface area contributed by atoms with Gasteiger partial charge >= 0.3 is 0 Å². The summed E-state index contributed by atoms with van der Waals surface area (Å²) in [6.45, 7) is 6.58. The summed E-state index contributed by atoms with van der Waals surface area (Å²) in [6, 6.07) is 25.9. The molecule has 0 nitrogen and oxygen atoms in total. The molecule has 0 heterocycles. The van der Waals surface area contributed by atoms with Gasteiger partial charge in [0.05, 0.1) is 5.92 Å². The third-order valence-electron chi connectivity index (χ3n) is 4.05. The van der Waals surface area contributed by atoms with Gasteiger partial charge in [-0.2, -0.15) is 0 Å². The molecule has 0 amide bonds. The molecular weight excluding hydrogens is 264 g/mol. The van der Waals surface area contributed by atoms with Crippen LogP contribution in [-0.2, 0) is 0 Å². The maximum absolute atomic E-state index is 2.27. The fraction of sp³-hybridized carbons (Fsp3) is 0.136. The highest BCUT2D eigenvalue weighted by Crippen LogP contribution is 2.35. The Hall–Kier alpha value is -2.34. The highest BCUT2D eigenvalue weighted by atomic mass is 14.2. The fourth-order valence-corrected chi connectivity index (χ4v) is 3.24. The lowest BCUT2D eigenvalue weighted by Crippen LogP contribution is -2.08. The van der Waals surface area contributed by atoms with Crippen molar-refractivity contribution in [3.8, 4) is 0 Å². The van der Waals surface area contributed by atoms with Crippen molar-refractivity contribution in [1.82, 2.24) is 0 Å². The summed E-state index contributed by atoms with van der Waals surface area (Å²) in [6.07, 6.45) is 0. The van der Waals surface area contributed by atoms with E-state index in [1.165, 1.54) is 39.3 Å². The van der Waals surface area contributed by atoms with Crippen LogP contribution in [0.2, 0.25) is 0 Å². The van der Waals surface area contributed by atoms with Crippen molar-refractivity contribution in [2.75, 3.05) is 0 Å². The van der Waals surface area contributed by atoms with E-state index in [9.17, 15) is 0 Å². The third-order valence-corrected chi connectivity index (χ3v) is 4.05. The highest BCUT2D eigenvalue weighted by molar-refractivity contribution is 5.62. The molecule has 3 aromatic rings. The monoisotopic (exact) mass is 285 g/mol. The van der Waals surface area contributed by atoms with Gasteiger partial charge in [0, 0.05) is 0 Å². The molecule has 0 heteroatoms. The van der Waals surface area contributed by atoms with Crippen molar-refractivity contribution in [1.29, 1.82) is 0 Å². The van der Waals surface area contributed by atoms with Crippen LogP contribution in [0.1, 0.15) is 33.4 Å². The van der Waals surface area contributed by atoms with Crippen molar-refractivity contribution in [2.24, 2.45) is 0 Å². The van der Waals surface area contributed by atoms with E-state index in [2.05, 4.69) is 93.6 Å². The molecule has 0 N–H and O–H groups in total. The summed E-state index contributed by atoms with van der Waals surface area (Å²) in [5.74, 6) is 1.32. The fourth-order valence-electron chi connectivity index (χ4n) is 3.24. The first-order valence-electron chi connectivity index (χ1n) is 7.73. The van der Waals surface area contributed by atoms with Crippen LogP contribution in [0.5, 0.6) is 0 Å². The van der Waals surface area contributed by atoms with Gasteiger partial charge < -0.3 is 0 Å². The van der Waals surface area contributed by atoms with Crippen molar-refractivity contribution in [3.63, 3.8) is 0 Å². The van der Waals surface area contributed by atoms with Gasteiger partial charge in [-0.15, -0.1) is 0 Å². The highest BCUT2D eigenvalue weighted by Gasteiger charge is 2.21. The van der Waals surface area contributed by atoms with E-state index in [0.717, 1.165) is 0 Å². The first kappa shape index (κ1) is 14.6. The number of benzene rings is 3. The largest absolute Gasteiger partial charge is 0.0634 e. The number of hydrogen-bond acceptors (Lipinski definition) is 0. The quantitative estimate of drug-likeness (QED) is 0.547. The Morgan fingerprint density at radius 1 is 0.591 bits per heavy atom. The molecule has 0 unspecified atom stereocenters.